The molecular weight excluding hydrogens is 212 g/mol. The van der Waals surface area contributed by atoms with E-state index in [2.05, 4.69) is 18.0 Å². The second kappa shape index (κ2) is 7.61. The van der Waals surface area contributed by atoms with Gasteiger partial charge >= 0.3 is 0 Å². The lowest BCUT2D eigenvalue weighted by molar-refractivity contribution is 0.158. The van der Waals surface area contributed by atoms with E-state index in [-0.39, 0.29) is 0 Å². The first-order chi connectivity index (χ1) is 8.24. The van der Waals surface area contributed by atoms with E-state index in [1.54, 1.807) is 0 Å². The van der Waals surface area contributed by atoms with E-state index in [1.165, 1.54) is 0 Å². The number of benzene rings is 1. The molecular formula is C14H18N2O. The summed E-state index contributed by atoms with van der Waals surface area (Å²) in [6, 6.07) is 9.78. The van der Waals surface area contributed by atoms with Crippen molar-refractivity contribution in [3.05, 3.63) is 47.5 Å². The summed E-state index contributed by atoms with van der Waals surface area (Å²) in [5.74, 6) is 0. The Morgan fingerprint density at radius 3 is 2.94 bits per heavy atom. The number of hydrogen-bond acceptors (Lipinski definition) is 3. The highest BCUT2D eigenvalue weighted by molar-refractivity contribution is 5.37. The maximum atomic E-state index is 8.91. The molecule has 0 radical (unpaired) electrons. The third kappa shape index (κ3) is 5.30. The average molecular weight is 230 g/mol. The second-order valence-corrected chi connectivity index (χ2v) is 3.96. The van der Waals surface area contributed by atoms with Crippen molar-refractivity contribution in [1.29, 1.82) is 5.26 Å². The Bertz CT molecular complexity index is 407. The molecule has 17 heavy (non-hydrogen) atoms. The molecule has 0 saturated carbocycles. The molecule has 1 N–H and O–H groups in total. The molecule has 0 spiro atoms. The Balaban J connectivity index is 2.22. The monoisotopic (exact) mass is 230 g/mol. The SMILES string of the molecule is C=C(C)COCCNCc1ccccc1C#N. The number of ether oxygens (including phenoxy) is 1. The van der Waals surface area contributed by atoms with Gasteiger partial charge in [-0.05, 0) is 18.6 Å². The van der Waals surface area contributed by atoms with E-state index >= 15 is 0 Å². The van der Waals surface area contributed by atoms with Gasteiger partial charge in [0.1, 0.15) is 0 Å². The molecule has 0 heterocycles. The van der Waals surface area contributed by atoms with Crippen LogP contribution in [-0.2, 0) is 11.3 Å². The lowest BCUT2D eigenvalue weighted by Gasteiger charge is -2.07. The Kier molecular flexibility index (Phi) is 6.02. The van der Waals surface area contributed by atoms with Crippen LogP contribution >= 0.6 is 0 Å². The largest absolute Gasteiger partial charge is 0.376 e. The molecule has 3 nitrogen and oxygen atoms in total. The molecule has 0 amide bonds. The molecule has 0 bridgehead atoms. The van der Waals surface area contributed by atoms with Crippen LogP contribution in [0.15, 0.2) is 36.4 Å². The quantitative estimate of drug-likeness (QED) is 0.577. The molecule has 0 atom stereocenters. The van der Waals surface area contributed by atoms with Gasteiger partial charge in [0, 0.05) is 13.1 Å². The van der Waals surface area contributed by atoms with Gasteiger partial charge in [0.25, 0.3) is 0 Å². The van der Waals surface area contributed by atoms with Crippen LogP contribution in [0, 0.1) is 11.3 Å². The number of nitriles is 1. The Morgan fingerprint density at radius 1 is 1.47 bits per heavy atom. The van der Waals surface area contributed by atoms with Gasteiger partial charge in [0.05, 0.1) is 24.8 Å². The van der Waals surface area contributed by atoms with Crippen molar-refractivity contribution in [3.63, 3.8) is 0 Å². The fourth-order valence-corrected chi connectivity index (χ4v) is 1.40. The zero-order chi connectivity index (χ0) is 12.5. The molecule has 0 saturated heterocycles. The lowest BCUT2D eigenvalue weighted by atomic mass is 10.1. The summed E-state index contributed by atoms with van der Waals surface area (Å²) < 4.78 is 5.36. The molecule has 90 valence electrons. The third-order valence-electron chi connectivity index (χ3n) is 2.22. The number of nitrogens with zero attached hydrogens (tertiary/aromatic N) is 1. The van der Waals surface area contributed by atoms with Crippen LogP contribution in [0.5, 0.6) is 0 Å². The van der Waals surface area contributed by atoms with Gasteiger partial charge in [0.2, 0.25) is 0 Å². The molecule has 3 heteroatoms. The topological polar surface area (TPSA) is 45.0 Å². The lowest BCUT2D eigenvalue weighted by Crippen LogP contribution is -2.20. The van der Waals surface area contributed by atoms with E-state index in [9.17, 15) is 0 Å². The predicted octanol–water partition coefficient (Wildman–Crippen LogP) is 2.24. The average Bonchev–Trinajstić information content (AvgIpc) is 2.33. The van der Waals surface area contributed by atoms with Crippen molar-refractivity contribution in [2.45, 2.75) is 13.5 Å². The van der Waals surface area contributed by atoms with Crippen LogP contribution in [-0.4, -0.2) is 19.8 Å². The minimum absolute atomic E-state index is 0.608. The molecule has 0 fully saturated rings. The summed E-state index contributed by atoms with van der Waals surface area (Å²) in [4.78, 5) is 0. The smallest absolute Gasteiger partial charge is 0.0995 e. The molecule has 0 aliphatic rings. The van der Waals surface area contributed by atoms with Crippen molar-refractivity contribution in [2.24, 2.45) is 0 Å². The summed E-state index contributed by atoms with van der Waals surface area (Å²) >= 11 is 0. The van der Waals surface area contributed by atoms with Crippen LogP contribution in [0.2, 0.25) is 0 Å². The number of hydrogen-bond donors (Lipinski definition) is 1. The van der Waals surface area contributed by atoms with Crippen LogP contribution < -0.4 is 5.32 Å². The molecule has 0 aliphatic carbocycles. The first kappa shape index (κ1) is 13.4. The van der Waals surface area contributed by atoms with Gasteiger partial charge in [-0.25, -0.2) is 0 Å². The van der Waals surface area contributed by atoms with Gasteiger partial charge in [0.15, 0.2) is 0 Å². The van der Waals surface area contributed by atoms with E-state index in [1.807, 2.05) is 31.2 Å². The van der Waals surface area contributed by atoms with Crippen LogP contribution in [0.3, 0.4) is 0 Å². The van der Waals surface area contributed by atoms with Crippen molar-refractivity contribution < 1.29 is 4.74 Å². The zero-order valence-corrected chi connectivity index (χ0v) is 10.2. The van der Waals surface area contributed by atoms with E-state index in [0.717, 1.165) is 23.2 Å². The van der Waals surface area contributed by atoms with Gasteiger partial charge in [-0.15, -0.1) is 0 Å². The van der Waals surface area contributed by atoms with E-state index in [4.69, 9.17) is 10.00 Å². The highest BCUT2D eigenvalue weighted by Gasteiger charge is 1.99. The molecule has 0 aromatic heterocycles. The van der Waals surface area contributed by atoms with Crippen LogP contribution in [0.4, 0.5) is 0 Å². The molecule has 1 rings (SSSR count). The van der Waals surface area contributed by atoms with Gasteiger partial charge in [-0.1, -0.05) is 30.4 Å². The fraction of sp³-hybridized carbons (Fsp3) is 0.357. The molecule has 0 unspecified atom stereocenters. The van der Waals surface area contributed by atoms with Crippen molar-refractivity contribution in [3.8, 4) is 6.07 Å². The fourth-order valence-electron chi connectivity index (χ4n) is 1.40. The number of rotatable bonds is 7. The maximum Gasteiger partial charge on any atom is 0.0995 e. The first-order valence-corrected chi connectivity index (χ1v) is 5.65. The van der Waals surface area contributed by atoms with Crippen molar-refractivity contribution in [2.75, 3.05) is 19.8 Å². The van der Waals surface area contributed by atoms with Crippen molar-refractivity contribution >= 4 is 0 Å². The Labute approximate surface area is 103 Å². The van der Waals surface area contributed by atoms with Gasteiger partial charge in [-0.3, -0.25) is 0 Å². The van der Waals surface area contributed by atoms with Crippen LogP contribution in [0.25, 0.3) is 0 Å². The van der Waals surface area contributed by atoms with E-state index < -0.39 is 0 Å². The second-order valence-electron chi connectivity index (χ2n) is 3.96. The molecule has 0 aliphatic heterocycles. The first-order valence-electron chi connectivity index (χ1n) is 5.65. The Morgan fingerprint density at radius 2 is 2.24 bits per heavy atom. The van der Waals surface area contributed by atoms with Gasteiger partial charge in [-0.2, -0.15) is 5.26 Å². The normalized spacial score (nSPS) is 9.88. The zero-order valence-electron chi connectivity index (χ0n) is 10.2. The Hall–Kier alpha value is -1.63. The molecule has 1 aromatic rings. The van der Waals surface area contributed by atoms with Crippen LogP contribution in [0.1, 0.15) is 18.1 Å². The molecule has 1 aromatic carbocycles. The standard InChI is InChI=1S/C14H18N2O/c1-12(2)11-17-8-7-16-10-14-6-4-3-5-13(14)9-15/h3-6,16H,1,7-8,10-11H2,2H3. The summed E-state index contributed by atoms with van der Waals surface area (Å²) in [6.07, 6.45) is 0. The predicted molar refractivity (Wildman–Crippen MR) is 68.5 cm³/mol. The summed E-state index contributed by atoms with van der Waals surface area (Å²) in [6.45, 7) is 8.43. The summed E-state index contributed by atoms with van der Waals surface area (Å²) in [5.41, 5.74) is 2.78. The minimum Gasteiger partial charge on any atom is -0.376 e. The van der Waals surface area contributed by atoms with Crippen molar-refractivity contribution in [1.82, 2.24) is 5.32 Å². The van der Waals surface area contributed by atoms with E-state index in [0.29, 0.717) is 19.8 Å². The maximum absolute atomic E-state index is 8.91. The number of nitrogens with one attached hydrogen (secondary N) is 1. The summed E-state index contributed by atoms with van der Waals surface area (Å²) in [7, 11) is 0. The minimum atomic E-state index is 0.608. The highest BCUT2D eigenvalue weighted by atomic mass is 16.5. The summed E-state index contributed by atoms with van der Waals surface area (Å²) in [5, 5.41) is 12.2. The third-order valence-corrected chi connectivity index (χ3v) is 2.22. The van der Waals surface area contributed by atoms with Gasteiger partial charge < -0.3 is 10.1 Å². The highest BCUT2D eigenvalue weighted by Crippen LogP contribution is 2.06.